The summed E-state index contributed by atoms with van der Waals surface area (Å²) in [6, 6.07) is 1.95. The summed E-state index contributed by atoms with van der Waals surface area (Å²) in [5.74, 6) is 0.385. The van der Waals surface area contributed by atoms with Gasteiger partial charge in [0.2, 0.25) is 5.91 Å². The van der Waals surface area contributed by atoms with E-state index in [1.807, 2.05) is 11.0 Å². The number of rotatable bonds is 5. The number of hydrogen-bond donors (Lipinski definition) is 1. The highest BCUT2D eigenvalue weighted by Crippen LogP contribution is 2.41. The molecule has 4 nitrogen and oxygen atoms in total. The fraction of sp³-hybridized carbons (Fsp3) is 0.615. The predicted octanol–water partition coefficient (Wildman–Crippen LogP) is 6.92. The number of thiophene rings is 1. The van der Waals surface area contributed by atoms with Crippen LogP contribution in [0.1, 0.15) is 92.6 Å². The molecule has 1 saturated carbocycles. The molecule has 3 aliphatic carbocycles. The molecule has 0 aromatic carbocycles. The number of carboxylic acids is 1. The Morgan fingerprint density at radius 3 is 2.42 bits per heavy atom. The van der Waals surface area contributed by atoms with Gasteiger partial charge in [0.1, 0.15) is 4.88 Å². The van der Waals surface area contributed by atoms with Gasteiger partial charge in [0, 0.05) is 10.8 Å². The summed E-state index contributed by atoms with van der Waals surface area (Å²) >= 11 is 1.35. The highest BCUT2D eigenvalue weighted by molar-refractivity contribution is 7.15. The fourth-order valence-corrected chi connectivity index (χ4v) is 6.31. The Morgan fingerprint density at radius 2 is 1.81 bits per heavy atom. The number of nitrogens with zero attached hydrogens (tertiary/aromatic N) is 1. The van der Waals surface area contributed by atoms with Gasteiger partial charge in [0.15, 0.2) is 0 Å². The van der Waals surface area contributed by atoms with E-state index in [1.165, 1.54) is 23.3 Å². The van der Waals surface area contributed by atoms with Gasteiger partial charge in [-0.1, -0.05) is 32.1 Å². The lowest BCUT2D eigenvalue weighted by molar-refractivity contribution is -0.123. The van der Waals surface area contributed by atoms with Crippen molar-refractivity contribution < 1.29 is 14.7 Å². The summed E-state index contributed by atoms with van der Waals surface area (Å²) in [4.78, 5) is 29.3. The summed E-state index contributed by atoms with van der Waals surface area (Å²) < 4.78 is 0. The number of carboxylic acid groups (broad SMARTS) is 1. The van der Waals surface area contributed by atoms with Gasteiger partial charge < -0.3 is 10.0 Å². The van der Waals surface area contributed by atoms with Crippen LogP contribution < -0.4 is 4.90 Å². The van der Waals surface area contributed by atoms with E-state index < -0.39 is 5.97 Å². The molecule has 4 rings (SSSR count). The lowest BCUT2D eigenvalue weighted by atomic mass is 9.81. The Labute approximate surface area is 190 Å². The summed E-state index contributed by atoms with van der Waals surface area (Å²) in [6.45, 7) is 4.46. The molecule has 2 unspecified atom stereocenters. The standard InChI is InChI=1S/C26H35NO3S/c1-17-8-12-20(13-9-17)25(28)27(21-14-10-18(2)11-15-21)22-16-23(31-24(22)26(29)30)19-6-4-3-5-7-19/h6,10,14,16-18,20-21H,3-5,7-9,11-13,15H2,1-2H3,(H,29,30). The Hall–Kier alpha value is -1.88. The van der Waals surface area contributed by atoms with E-state index in [0.717, 1.165) is 62.7 Å². The molecule has 1 heterocycles. The molecular formula is C26H35NO3S. The lowest BCUT2D eigenvalue weighted by Gasteiger charge is -2.36. The predicted molar refractivity (Wildman–Crippen MR) is 128 cm³/mol. The van der Waals surface area contributed by atoms with Gasteiger partial charge in [0.25, 0.3) is 0 Å². The maximum atomic E-state index is 13.8. The zero-order valence-corrected chi connectivity index (χ0v) is 19.6. The molecule has 0 spiro atoms. The Bertz CT molecular complexity index is 875. The second kappa shape index (κ2) is 9.72. The number of hydrogen-bond acceptors (Lipinski definition) is 3. The highest BCUT2D eigenvalue weighted by Gasteiger charge is 2.36. The van der Waals surface area contributed by atoms with Crippen molar-refractivity contribution >= 4 is 34.5 Å². The van der Waals surface area contributed by atoms with E-state index in [0.29, 0.717) is 22.4 Å². The second-order valence-corrected chi connectivity index (χ2v) is 10.8. The van der Waals surface area contributed by atoms with Crippen molar-refractivity contribution in [2.45, 2.75) is 84.1 Å². The second-order valence-electron chi connectivity index (χ2n) is 9.78. The zero-order chi connectivity index (χ0) is 22.0. The minimum absolute atomic E-state index is 0.00263. The normalized spacial score (nSPS) is 28.8. The summed E-state index contributed by atoms with van der Waals surface area (Å²) in [7, 11) is 0. The molecule has 2 atom stereocenters. The number of anilines is 1. The van der Waals surface area contributed by atoms with E-state index in [1.54, 1.807) is 0 Å². The van der Waals surface area contributed by atoms with Crippen LogP contribution in [-0.4, -0.2) is 23.0 Å². The minimum Gasteiger partial charge on any atom is -0.477 e. The van der Waals surface area contributed by atoms with Crippen LogP contribution in [-0.2, 0) is 4.79 Å². The average molecular weight is 442 g/mol. The third-order valence-corrected chi connectivity index (χ3v) is 8.48. The molecule has 168 valence electrons. The fourth-order valence-electron chi connectivity index (χ4n) is 5.26. The summed E-state index contributed by atoms with van der Waals surface area (Å²) in [6.07, 6.45) is 16.9. The van der Waals surface area contributed by atoms with Crippen LogP contribution in [0.25, 0.3) is 5.57 Å². The van der Waals surface area contributed by atoms with Crippen LogP contribution in [0.2, 0.25) is 0 Å². The van der Waals surface area contributed by atoms with Crippen molar-refractivity contribution in [2.24, 2.45) is 17.8 Å². The van der Waals surface area contributed by atoms with E-state index in [4.69, 9.17) is 0 Å². The molecule has 3 aliphatic rings. The number of aromatic carboxylic acids is 1. The molecule has 5 heteroatoms. The molecule has 1 aromatic heterocycles. The SMILES string of the molecule is CC1C=CC(N(C(=O)C2CCC(C)CC2)c2cc(C3=CCCCC3)sc2C(=O)O)CC1. The van der Waals surface area contributed by atoms with Gasteiger partial charge in [-0.05, 0) is 87.7 Å². The Balaban J connectivity index is 1.73. The number of carbonyl (C=O) groups excluding carboxylic acids is 1. The first-order valence-corrected chi connectivity index (χ1v) is 12.8. The summed E-state index contributed by atoms with van der Waals surface area (Å²) in [5.41, 5.74) is 1.86. The van der Waals surface area contributed by atoms with Gasteiger partial charge in [-0.2, -0.15) is 0 Å². The van der Waals surface area contributed by atoms with Crippen LogP contribution in [0.3, 0.4) is 0 Å². The van der Waals surface area contributed by atoms with Crippen molar-refractivity contribution in [1.29, 1.82) is 0 Å². The highest BCUT2D eigenvalue weighted by atomic mass is 32.1. The molecule has 1 aromatic rings. The molecule has 1 fully saturated rings. The first-order chi connectivity index (χ1) is 14.9. The molecule has 0 radical (unpaired) electrons. The van der Waals surface area contributed by atoms with E-state index in [2.05, 4.69) is 32.1 Å². The number of carbonyl (C=O) groups is 2. The number of allylic oxidation sites excluding steroid dienone is 3. The van der Waals surface area contributed by atoms with Gasteiger partial charge in [0.05, 0.1) is 11.7 Å². The number of amides is 1. The van der Waals surface area contributed by atoms with Crippen LogP contribution in [0.4, 0.5) is 5.69 Å². The quantitative estimate of drug-likeness (QED) is 0.505. The van der Waals surface area contributed by atoms with Crippen LogP contribution in [0.5, 0.6) is 0 Å². The average Bonchev–Trinajstić information content (AvgIpc) is 3.22. The minimum atomic E-state index is -0.925. The van der Waals surface area contributed by atoms with Crippen molar-refractivity contribution in [3.8, 4) is 0 Å². The lowest BCUT2D eigenvalue weighted by Crippen LogP contribution is -2.45. The van der Waals surface area contributed by atoms with E-state index in [-0.39, 0.29) is 17.9 Å². The molecule has 1 N–H and O–H groups in total. The van der Waals surface area contributed by atoms with Gasteiger partial charge >= 0.3 is 5.97 Å². The van der Waals surface area contributed by atoms with Crippen molar-refractivity contribution in [3.05, 3.63) is 34.0 Å². The smallest absolute Gasteiger partial charge is 0.348 e. The molecule has 0 saturated heterocycles. The third kappa shape index (κ3) is 4.97. The topological polar surface area (TPSA) is 57.6 Å². The van der Waals surface area contributed by atoms with E-state index >= 15 is 0 Å². The van der Waals surface area contributed by atoms with Crippen LogP contribution in [0.15, 0.2) is 24.3 Å². The van der Waals surface area contributed by atoms with E-state index in [9.17, 15) is 14.7 Å². The van der Waals surface area contributed by atoms with Crippen molar-refractivity contribution in [2.75, 3.05) is 4.90 Å². The van der Waals surface area contributed by atoms with Crippen LogP contribution >= 0.6 is 11.3 Å². The molecular weight excluding hydrogens is 406 g/mol. The molecule has 31 heavy (non-hydrogen) atoms. The Morgan fingerprint density at radius 1 is 1.03 bits per heavy atom. The maximum absolute atomic E-state index is 13.8. The largest absolute Gasteiger partial charge is 0.477 e. The Kier molecular flexibility index (Phi) is 7.00. The zero-order valence-electron chi connectivity index (χ0n) is 18.8. The van der Waals surface area contributed by atoms with Gasteiger partial charge in [-0.15, -0.1) is 11.3 Å². The third-order valence-electron chi connectivity index (χ3n) is 7.29. The molecule has 0 aliphatic heterocycles. The monoisotopic (exact) mass is 441 g/mol. The first kappa shape index (κ1) is 22.3. The maximum Gasteiger partial charge on any atom is 0.348 e. The van der Waals surface area contributed by atoms with Crippen molar-refractivity contribution in [1.82, 2.24) is 0 Å². The van der Waals surface area contributed by atoms with Crippen LogP contribution in [0, 0.1) is 17.8 Å². The van der Waals surface area contributed by atoms with Crippen molar-refractivity contribution in [3.63, 3.8) is 0 Å². The summed E-state index contributed by atoms with van der Waals surface area (Å²) in [5, 5.41) is 10.0. The van der Waals surface area contributed by atoms with Gasteiger partial charge in [-0.25, -0.2) is 4.79 Å². The molecule has 1 amide bonds. The first-order valence-electron chi connectivity index (χ1n) is 12.0. The molecule has 0 bridgehead atoms. The van der Waals surface area contributed by atoms with Gasteiger partial charge in [-0.3, -0.25) is 4.79 Å².